The molecule has 6 heteroatoms. The highest BCUT2D eigenvalue weighted by molar-refractivity contribution is 5.96. The lowest BCUT2D eigenvalue weighted by Crippen LogP contribution is -2.54. The van der Waals surface area contributed by atoms with Crippen LogP contribution in [0.4, 0.5) is 0 Å². The highest BCUT2D eigenvalue weighted by Gasteiger charge is 2.42. The van der Waals surface area contributed by atoms with Gasteiger partial charge in [-0.25, -0.2) is 0 Å². The Labute approximate surface area is 186 Å². The van der Waals surface area contributed by atoms with Gasteiger partial charge in [-0.1, -0.05) is 31.4 Å². The summed E-state index contributed by atoms with van der Waals surface area (Å²) in [5.74, 6) is 0.663. The standard InChI is InChI=1S/C25H37N3O3/c1-19-18-31-22-11-4-3-10-21(22)23(29)26-15-6-2-5-12-25(24(30)27-19)13-16-28(17-14-25)20-8-7-9-20/h3-4,10-11,19-20H,2,5-9,12-18H2,1H3,(H,26,29)(H,27,30)/t19-/m0/s1. The summed E-state index contributed by atoms with van der Waals surface area (Å²) in [6.45, 7) is 5.05. The second-order valence-electron chi connectivity index (χ2n) is 9.65. The number of nitrogens with zero attached hydrogens (tertiary/aromatic N) is 1. The van der Waals surface area contributed by atoms with E-state index in [0.29, 0.717) is 24.5 Å². The maximum absolute atomic E-state index is 13.4. The van der Waals surface area contributed by atoms with Crippen LogP contribution in [-0.4, -0.2) is 55.0 Å². The third-order valence-corrected chi connectivity index (χ3v) is 7.44. The van der Waals surface area contributed by atoms with Crippen molar-refractivity contribution in [1.82, 2.24) is 15.5 Å². The van der Waals surface area contributed by atoms with Crippen molar-refractivity contribution in [2.24, 2.45) is 5.41 Å². The number of carbonyl (C=O) groups excluding carboxylic acids is 2. The topological polar surface area (TPSA) is 70.7 Å². The van der Waals surface area contributed by atoms with Gasteiger partial charge >= 0.3 is 0 Å². The van der Waals surface area contributed by atoms with Crippen molar-refractivity contribution in [3.8, 4) is 5.75 Å². The van der Waals surface area contributed by atoms with E-state index >= 15 is 0 Å². The average molecular weight is 428 g/mol. The zero-order chi connectivity index (χ0) is 21.7. The molecule has 4 rings (SSSR count). The number of piperidine rings is 1. The van der Waals surface area contributed by atoms with Crippen molar-refractivity contribution in [2.75, 3.05) is 26.2 Å². The van der Waals surface area contributed by atoms with E-state index < -0.39 is 0 Å². The third-order valence-electron chi connectivity index (χ3n) is 7.44. The van der Waals surface area contributed by atoms with Gasteiger partial charge < -0.3 is 20.3 Å². The van der Waals surface area contributed by atoms with Crippen LogP contribution in [0, 0.1) is 5.41 Å². The van der Waals surface area contributed by atoms with Crippen LogP contribution in [0.25, 0.3) is 0 Å². The first-order valence-corrected chi connectivity index (χ1v) is 12.1. The molecule has 1 aromatic rings. The van der Waals surface area contributed by atoms with Crippen LogP contribution < -0.4 is 15.4 Å². The van der Waals surface area contributed by atoms with Crippen LogP contribution in [0.5, 0.6) is 5.75 Å². The minimum absolute atomic E-state index is 0.0954. The van der Waals surface area contributed by atoms with Gasteiger partial charge in [0.1, 0.15) is 12.4 Å². The Morgan fingerprint density at radius 2 is 1.77 bits per heavy atom. The number of benzene rings is 1. The summed E-state index contributed by atoms with van der Waals surface area (Å²) >= 11 is 0. The number of rotatable bonds is 1. The number of hydrogen-bond acceptors (Lipinski definition) is 4. The SMILES string of the molecule is C[C@H]1COc2ccccc2C(=O)NCCCCCC2(CCN(C3CCC3)CC2)C(=O)N1. The van der Waals surface area contributed by atoms with E-state index in [-0.39, 0.29) is 23.3 Å². The Morgan fingerprint density at radius 1 is 1.00 bits per heavy atom. The molecule has 170 valence electrons. The summed E-state index contributed by atoms with van der Waals surface area (Å²) in [5.41, 5.74) is 0.284. The monoisotopic (exact) mass is 427 g/mol. The summed E-state index contributed by atoms with van der Waals surface area (Å²) in [7, 11) is 0. The Hall–Kier alpha value is -2.08. The molecule has 1 aliphatic carbocycles. The van der Waals surface area contributed by atoms with Gasteiger partial charge in [-0.3, -0.25) is 9.59 Å². The zero-order valence-electron chi connectivity index (χ0n) is 18.8. The van der Waals surface area contributed by atoms with Crippen molar-refractivity contribution in [1.29, 1.82) is 0 Å². The predicted molar refractivity (Wildman–Crippen MR) is 121 cm³/mol. The van der Waals surface area contributed by atoms with Gasteiger partial charge in [0, 0.05) is 12.6 Å². The van der Waals surface area contributed by atoms with Gasteiger partial charge in [-0.15, -0.1) is 0 Å². The number of nitrogens with one attached hydrogen (secondary N) is 2. The van der Waals surface area contributed by atoms with Crippen LogP contribution in [0.3, 0.4) is 0 Å². The molecule has 1 aromatic carbocycles. The normalized spacial score (nSPS) is 26.4. The number of hydrogen-bond donors (Lipinski definition) is 2. The maximum atomic E-state index is 13.4. The minimum atomic E-state index is -0.268. The second-order valence-corrected chi connectivity index (χ2v) is 9.65. The van der Waals surface area contributed by atoms with E-state index in [9.17, 15) is 9.59 Å². The van der Waals surface area contributed by atoms with E-state index in [1.807, 2.05) is 25.1 Å². The molecule has 6 nitrogen and oxygen atoms in total. The fourth-order valence-electron chi connectivity index (χ4n) is 5.14. The van der Waals surface area contributed by atoms with Crippen molar-refractivity contribution in [3.05, 3.63) is 29.8 Å². The van der Waals surface area contributed by atoms with Gasteiger partial charge in [0.15, 0.2) is 0 Å². The number of amides is 2. The molecule has 31 heavy (non-hydrogen) atoms. The quantitative estimate of drug-likeness (QED) is 0.720. The smallest absolute Gasteiger partial charge is 0.255 e. The minimum Gasteiger partial charge on any atom is -0.491 e. The molecule has 1 spiro atoms. The van der Waals surface area contributed by atoms with E-state index in [0.717, 1.165) is 57.7 Å². The van der Waals surface area contributed by atoms with Crippen molar-refractivity contribution in [3.63, 3.8) is 0 Å². The average Bonchev–Trinajstić information content (AvgIpc) is 2.74. The summed E-state index contributed by atoms with van der Waals surface area (Å²) in [4.78, 5) is 28.6. The molecule has 2 heterocycles. The fourth-order valence-corrected chi connectivity index (χ4v) is 5.14. The highest BCUT2D eigenvalue weighted by Crippen LogP contribution is 2.40. The molecule has 0 aromatic heterocycles. The van der Waals surface area contributed by atoms with Crippen LogP contribution in [0.15, 0.2) is 24.3 Å². The van der Waals surface area contributed by atoms with Crippen molar-refractivity contribution >= 4 is 11.8 Å². The molecule has 1 saturated heterocycles. The summed E-state index contributed by atoms with van der Waals surface area (Å²) in [6.07, 6.45) is 9.79. The largest absolute Gasteiger partial charge is 0.491 e. The summed E-state index contributed by atoms with van der Waals surface area (Å²) < 4.78 is 5.96. The number of fused-ring (bicyclic) bond motifs is 1. The Morgan fingerprint density at radius 3 is 2.52 bits per heavy atom. The number of para-hydroxylation sites is 1. The Bertz CT molecular complexity index is 769. The number of likely N-dealkylation sites (tertiary alicyclic amines) is 1. The molecule has 2 N–H and O–H groups in total. The van der Waals surface area contributed by atoms with E-state index in [4.69, 9.17) is 4.74 Å². The van der Waals surface area contributed by atoms with Crippen LogP contribution in [0.1, 0.15) is 75.1 Å². The lowest BCUT2D eigenvalue weighted by atomic mass is 9.72. The van der Waals surface area contributed by atoms with E-state index in [2.05, 4.69) is 15.5 Å². The Balaban J connectivity index is 1.45. The first kappa shape index (κ1) is 22.1. The first-order chi connectivity index (χ1) is 15.1. The molecule has 2 fully saturated rings. The summed E-state index contributed by atoms with van der Waals surface area (Å²) in [6, 6.07) is 7.96. The fraction of sp³-hybridized carbons (Fsp3) is 0.680. The van der Waals surface area contributed by atoms with E-state index in [1.54, 1.807) is 6.07 Å². The van der Waals surface area contributed by atoms with Gasteiger partial charge in [-0.2, -0.15) is 0 Å². The van der Waals surface area contributed by atoms with E-state index in [1.165, 1.54) is 19.3 Å². The maximum Gasteiger partial charge on any atom is 0.255 e. The van der Waals surface area contributed by atoms with Crippen molar-refractivity contribution < 1.29 is 14.3 Å². The molecule has 0 bridgehead atoms. The zero-order valence-corrected chi connectivity index (χ0v) is 18.8. The van der Waals surface area contributed by atoms with Gasteiger partial charge in [0.2, 0.25) is 5.91 Å². The molecular formula is C25H37N3O3. The predicted octanol–water partition coefficient (Wildman–Crippen LogP) is 3.51. The molecular weight excluding hydrogens is 390 g/mol. The highest BCUT2D eigenvalue weighted by atomic mass is 16.5. The van der Waals surface area contributed by atoms with Gasteiger partial charge in [0.25, 0.3) is 5.91 Å². The molecule has 3 aliphatic rings. The van der Waals surface area contributed by atoms with Crippen molar-refractivity contribution in [2.45, 2.75) is 76.8 Å². The molecule has 0 radical (unpaired) electrons. The number of carbonyl (C=O) groups is 2. The van der Waals surface area contributed by atoms with Crippen LogP contribution >= 0.6 is 0 Å². The van der Waals surface area contributed by atoms with Crippen LogP contribution in [-0.2, 0) is 4.79 Å². The molecule has 2 aliphatic heterocycles. The Kier molecular flexibility index (Phi) is 7.16. The lowest BCUT2D eigenvalue weighted by molar-refractivity contribution is -0.136. The van der Waals surface area contributed by atoms with Gasteiger partial charge in [0.05, 0.1) is 17.0 Å². The van der Waals surface area contributed by atoms with Gasteiger partial charge in [-0.05, 0) is 70.7 Å². The molecule has 2 amide bonds. The summed E-state index contributed by atoms with van der Waals surface area (Å²) in [5, 5.41) is 6.26. The number of ether oxygens (including phenoxy) is 1. The molecule has 0 unspecified atom stereocenters. The van der Waals surface area contributed by atoms with Crippen LogP contribution in [0.2, 0.25) is 0 Å². The first-order valence-electron chi connectivity index (χ1n) is 12.1. The molecule has 1 saturated carbocycles. The second kappa shape index (κ2) is 10.0. The molecule has 1 atom stereocenters. The lowest BCUT2D eigenvalue weighted by Gasteiger charge is -2.46. The third kappa shape index (κ3) is 5.22.